The molecule has 7 heteroatoms. The molecule has 0 fully saturated rings. The predicted molar refractivity (Wildman–Crippen MR) is 101 cm³/mol. The van der Waals surface area contributed by atoms with Crippen LogP contribution in [0.1, 0.15) is 16.9 Å². The Morgan fingerprint density at radius 1 is 1.20 bits per heavy atom. The topological polar surface area (TPSA) is 63.8 Å². The summed E-state index contributed by atoms with van der Waals surface area (Å²) in [5.41, 5.74) is 3.85. The van der Waals surface area contributed by atoms with Crippen molar-refractivity contribution in [2.24, 2.45) is 0 Å². The number of hydrogen-bond donors (Lipinski definition) is 1. The SMILES string of the molecule is Cc1ccc(-c2cc(CNc3ncnc4scc(C)c34)on2)c(Cl)c1. The number of thiophene rings is 1. The summed E-state index contributed by atoms with van der Waals surface area (Å²) in [7, 11) is 0. The highest BCUT2D eigenvalue weighted by Gasteiger charge is 2.12. The standard InChI is InChI=1S/C18H15ClN4OS/c1-10-3-4-13(14(19)5-10)15-6-12(24-23-15)7-20-17-16-11(2)8-25-18(16)22-9-21-17/h3-6,8-9H,7H2,1-2H3,(H,20,21,22). The van der Waals surface area contributed by atoms with E-state index in [0.29, 0.717) is 17.3 Å². The molecule has 0 aliphatic rings. The predicted octanol–water partition coefficient (Wildman–Crippen LogP) is 5.23. The van der Waals surface area contributed by atoms with Crippen molar-refractivity contribution < 1.29 is 4.52 Å². The van der Waals surface area contributed by atoms with Gasteiger partial charge < -0.3 is 9.84 Å². The maximum absolute atomic E-state index is 6.30. The Bertz CT molecular complexity index is 1060. The molecule has 0 aliphatic heterocycles. The molecule has 0 spiro atoms. The van der Waals surface area contributed by atoms with Crippen LogP contribution in [0.2, 0.25) is 5.02 Å². The van der Waals surface area contributed by atoms with Gasteiger partial charge in [0.05, 0.1) is 17.0 Å². The van der Waals surface area contributed by atoms with Gasteiger partial charge in [-0.3, -0.25) is 0 Å². The van der Waals surface area contributed by atoms with E-state index in [1.165, 1.54) is 0 Å². The van der Waals surface area contributed by atoms with E-state index in [9.17, 15) is 0 Å². The highest BCUT2D eigenvalue weighted by molar-refractivity contribution is 7.17. The minimum atomic E-state index is 0.484. The Hall–Kier alpha value is -2.44. The lowest BCUT2D eigenvalue weighted by Crippen LogP contribution is -2.01. The molecule has 0 saturated heterocycles. The number of nitrogens with one attached hydrogen (secondary N) is 1. The average molecular weight is 371 g/mol. The van der Waals surface area contributed by atoms with Crippen molar-refractivity contribution in [1.82, 2.24) is 15.1 Å². The summed E-state index contributed by atoms with van der Waals surface area (Å²) >= 11 is 7.92. The van der Waals surface area contributed by atoms with E-state index in [2.05, 4.69) is 32.7 Å². The first-order valence-electron chi connectivity index (χ1n) is 7.76. The number of fused-ring (bicyclic) bond motifs is 1. The van der Waals surface area contributed by atoms with E-state index in [4.69, 9.17) is 16.1 Å². The fourth-order valence-electron chi connectivity index (χ4n) is 2.67. The van der Waals surface area contributed by atoms with Gasteiger partial charge in [0.15, 0.2) is 5.76 Å². The molecule has 126 valence electrons. The number of rotatable bonds is 4. The molecule has 3 heterocycles. The molecule has 0 amide bonds. The van der Waals surface area contributed by atoms with Crippen molar-refractivity contribution in [3.05, 3.63) is 57.9 Å². The number of halogens is 1. The second-order valence-corrected chi connectivity index (χ2v) is 7.10. The molecule has 0 radical (unpaired) electrons. The van der Waals surface area contributed by atoms with Crippen molar-refractivity contribution in [3.8, 4) is 11.3 Å². The van der Waals surface area contributed by atoms with Crippen LogP contribution >= 0.6 is 22.9 Å². The van der Waals surface area contributed by atoms with E-state index >= 15 is 0 Å². The molecule has 25 heavy (non-hydrogen) atoms. The lowest BCUT2D eigenvalue weighted by Gasteiger charge is -2.04. The lowest BCUT2D eigenvalue weighted by molar-refractivity contribution is 0.390. The summed E-state index contributed by atoms with van der Waals surface area (Å²) in [5, 5.41) is 11.2. The van der Waals surface area contributed by atoms with Crippen LogP contribution in [0.5, 0.6) is 0 Å². The Balaban J connectivity index is 1.56. The molecule has 3 aromatic heterocycles. The quantitative estimate of drug-likeness (QED) is 0.533. The van der Waals surface area contributed by atoms with E-state index in [0.717, 1.165) is 38.4 Å². The van der Waals surface area contributed by atoms with Gasteiger partial charge in [0.2, 0.25) is 0 Å². The summed E-state index contributed by atoms with van der Waals surface area (Å²) in [4.78, 5) is 9.61. The molecule has 4 aromatic rings. The number of aryl methyl sites for hydroxylation is 2. The molecule has 0 unspecified atom stereocenters. The molecule has 0 saturated carbocycles. The van der Waals surface area contributed by atoms with Crippen LogP contribution in [0.15, 0.2) is 40.5 Å². The molecule has 5 nitrogen and oxygen atoms in total. The van der Waals surface area contributed by atoms with Gasteiger partial charge in [0.25, 0.3) is 0 Å². The fraction of sp³-hybridized carbons (Fsp3) is 0.167. The summed E-state index contributed by atoms with van der Waals surface area (Å²) in [5.74, 6) is 1.52. The van der Waals surface area contributed by atoms with E-state index in [1.54, 1.807) is 17.7 Å². The van der Waals surface area contributed by atoms with Crippen LogP contribution in [0.3, 0.4) is 0 Å². The summed E-state index contributed by atoms with van der Waals surface area (Å²) in [6.07, 6.45) is 1.57. The number of aromatic nitrogens is 3. The first-order valence-corrected chi connectivity index (χ1v) is 9.02. The minimum absolute atomic E-state index is 0.484. The molecule has 0 bridgehead atoms. The monoisotopic (exact) mass is 370 g/mol. The van der Waals surface area contributed by atoms with Crippen molar-refractivity contribution in [2.75, 3.05) is 5.32 Å². The third kappa shape index (κ3) is 3.10. The molecule has 1 N–H and O–H groups in total. The van der Waals surface area contributed by atoms with Gasteiger partial charge >= 0.3 is 0 Å². The summed E-state index contributed by atoms with van der Waals surface area (Å²) < 4.78 is 5.44. The second-order valence-electron chi connectivity index (χ2n) is 5.84. The minimum Gasteiger partial charge on any atom is -0.362 e. The fourth-order valence-corrected chi connectivity index (χ4v) is 3.89. The first kappa shape index (κ1) is 16.1. The highest BCUT2D eigenvalue weighted by atomic mass is 35.5. The first-order chi connectivity index (χ1) is 12.1. The Kier molecular flexibility index (Phi) is 4.15. The van der Waals surface area contributed by atoms with Crippen molar-refractivity contribution in [2.45, 2.75) is 20.4 Å². The van der Waals surface area contributed by atoms with Crippen LogP contribution in [0.25, 0.3) is 21.5 Å². The van der Waals surface area contributed by atoms with E-state index in [1.807, 2.05) is 31.2 Å². The zero-order valence-corrected chi connectivity index (χ0v) is 15.3. The maximum Gasteiger partial charge on any atom is 0.156 e. The molecule has 1 aromatic carbocycles. The maximum atomic E-state index is 6.30. The van der Waals surface area contributed by atoms with Gasteiger partial charge in [-0.25, -0.2) is 9.97 Å². The number of nitrogens with zero attached hydrogens (tertiary/aromatic N) is 3. The van der Waals surface area contributed by atoms with Gasteiger partial charge in [-0.05, 0) is 36.4 Å². The van der Waals surface area contributed by atoms with Crippen molar-refractivity contribution >= 4 is 39.0 Å². The van der Waals surface area contributed by atoms with E-state index in [-0.39, 0.29) is 0 Å². The average Bonchev–Trinajstić information content (AvgIpc) is 3.21. The Morgan fingerprint density at radius 2 is 2.08 bits per heavy atom. The smallest absolute Gasteiger partial charge is 0.156 e. The molecule has 0 aliphatic carbocycles. The zero-order chi connectivity index (χ0) is 17.4. The van der Waals surface area contributed by atoms with Crippen LogP contribution < -0.4 is 5.32 Å². The van der Waals surface area contributed by atoms with Crippen LogP contribution in [-0.4, -0.2) is 15.1 Å². The summed E-state index contributed by atoms with van der Waals surface area (Å²) in [6.45, 7) is 4.54. The third-order valence-electron chi connectivity index (χ3n) is 3.94. The largest absolute Gasteiger partial charge is 0.362 e. The van der Waals surface area contributed by atoms with Gasteiger partial charge in [0.1, 0.15) is 22.7 Å². The Morgan fingerprint density at radius 3 is 2.92 bits per heavy atom. The van der Waals surface area contributed by atoms with E-state index < -0.39 is 0 Å². The molecule has 4 rings (SSSR count). The van der Waals surface area contributed by atoms with Gasteiger partial charge in [0, 0.05) is 11.6 Å². The van der Waals surface area contributed by atoms with Crippen LogP contribution in [-0.2, 0) is 6.54 Å². The van der Waals surface area contributed by atoms with Gasteiger partial charge in [-0.1, -0.05) is 28.9 Å². The van der Waals surface area contributed by atoms with Gasteiger partial charge in [-0.2, -0.15) is 0 Å². The zero-order valence-electron chi connectivity index (χ0n) is 13.7. The van der Waals surface area contributed by atoms with Crippen LogP contribution in [0, 0.1) is 13.8 Å². The van der Waals surface area contributed by atoms with Crippen molar-refractivity contribution in [1.29, 1.82) is 0 Å². The molecular weight excluding hydrogens is 356 g/mol. The number of hydrogen-bond acceptors (Lipinski definition) is 6. The third-order valence-corrected chi connectivity index (χ3v) is 5.26. The second kappa shape index (κ2) is 6.46. The lowest BCUT2D eigenvalue weighted by atomic mass is 10.1. The number of benzene rings is 1. The molecular formula is C18H15ClN4OS. The molecule has 0 atom stereocenters. The highest BCUT2D eigenvalue weighted by Crippen LogP contribution is 2.30. The summed E-state index contributed by atoms with van der Waals surface area (Å²) in [6, 6.07) is 7.77. The Labute approximate surface area is 153 Å². The van der Waals surface area contributed by atoms with Gasteiger partial charge in [-0.15, -0.1) is 11.3 Å². The number of anilines is 1. The van der Waals surface area contributed by atoms with Crippen molar-refractivity contribution in [3.63, 3.8) is 0 Å². The van der Waals surface area contributed by atoms with Crippen LogP contribution in [0.4, 0.5) is 5.82 Å². The normalized spacial score (nSPS) is 11.2.